The smallest absolute Gasteiger partial charge is 0.185 e. The molecule has 0 aliphatic carbocycles. The first-order chi connectivity index (χ1) is 9.63. The molecule has 2 rings (SSSR count). The number of nitrogens with zero attached hydrogens (tertiary/aromatic N) is 2. The summed E-state index contributed by atoms with van der Waals surface area (Å²) in [7, 11) is 0. The maximum atomic E-state index is 13.7. The van der Waals surface area contributed by atoms with E-state index in [4.69, 9.17) is 0 Å². The van der Waals surface area contributed by atoms with Gasteiger partial charge in [-0.25, -0.2) is 9.37 Å². The van der Waals surface area contributed by atoms with Gasteiger partial charge in [-0.05, 0) is 38.5 Å². The lowest BCUT2D eigenvalue weighted by Gasteiger charge is -2.16. The van der Waals surface area contributed by atoms with Crippen LogP contribution < -0.4 is 10.2 Å². The van der Waals surface area contributed by atoms with E-state index >= 15 is 0 Å². The molecule has 0 atom stereocenters. The van der Waals surface area contributed by atoms with Gasteiger partial charge >= 0.3 is 0 Å². The molecule has 0 aliphatic heterocycles. The topological polar surface area (TPSA) is 28.2 Å². The van der Waals surface area contributed by atoms with Gasteiger partial charge in [-0.2, -0.15) is 0 Å². The van der Waals surface area contributed by atoms with Crippen LogP contribution in [0.4, 0.5) is 15.2 Å². The molecule has 0 amide bonds. The van der Waals surface area contributed by atoms with Gasteiger partial charge in [0.15, 0.2) is 5.13 Å². The van der Waals surface area contributed by atoms with E-state index in [1.54, 1.807) is 17.4 Å². The molecule has 1 aromatic heterocycles. The van der Waals surface area contributed by atoms with Gasteiger partial charge in [0.2, 0.25) is 0 Å². The Morgan fingerprint density at radius 2 is 2.05 bits per heavy atom. The van der Waals surface area contributed by atoms with Crippen molar-refractivity contribution in [1.29, 1.82) is 0 Å². The van der Waals surface area contributed by atoms with E-state index in [0.717, 1.165) is 28.7 Å². The molecular formula is C15H20FN3S. The van der Waals surface area contributed by atoms with E-state index in [1.165, 1.54) is 6.07 Å². The molecule has 108 valence electrons. The first kappa shape index (κ1) is 14.8. The molecule has 3 nitrogen and oxygen atoms in total. The minimum Gasteiger partial charge on any atom is -0.378 e. The van der Waals surface area contributed by atoms with Gasteiger partial charge in [-0.15, -0.1) is 11.3 Å². The lowest BCUT2D eigenvalue weighted by Crippen LogP contribution is -2.21. The minimum atomic E-state index is -0.210. The highest BCUT2D eigenvalue weighted by Gasteiger charge is 2.08. The Morgan fingerprint density at radius 1 is 1.30 bits per heavy atom. The number of rotatable bonds is 6. The number of hydrogen-bond acceptors (Lipinski definition) is 4. The first-order valence-electron chi connectivity index (χ1n) is 6.83. The zero-order chi connectivity index (χ0) is 14.5. The zero-order valence-electron chi connectivity index (χ0n) is 12.1. The monoisotopic (exact) mass is 293 g/mol. The second-order valence-corrected chi connectivity index (χ2v) is 5.71. The number of hydrogen-bond donors (Lipinski definition) is 1. The summed E-state index contributed by atoms with van der Waals surface area (Å²) >= 11 is 1.65. The fraction of sp³-hybridized carbons (Fsp3) is 0.400. The van der Waals surface area contributed by atoms with Gasteiger partial charge < -0.3 is 10.2 Å². The van der Waals surface area contributed by atoms with Crippen LogP contribution in [-0.2, 0) is 6.54 Å². The van der Waals surface area contributed by atoms with E-state index in [2.05, 4.69) is 29.0 Å². The highest BCUT2D eigenvalue weighted by molar-refractivity contribution is 7.15. The molecule has 0 saturated carbocycles. The molecule has 0 spiro atoms. The van der Waals surface area contributed by atoms with Gasteiger partial charge in [-0.3, -0.25) is 0 Å². The number of halogens is 1. The molecule has 0 bridgehead atoms. The van der Waals surface area contributed by atoms with Gasteiger partial charge in [0.25, 0.3) is 0 Å². The summed E-state index contributed by atoms with van der Waals surface area (Å²) in [5.74, 6) is -0.210. The number of anilines is 2. The van der Waals surface area contributed by atoms with Crippen LogP contribution in [-0.4, -0.2) is 18.1 Å². The summed E-state index contributed by atoms with van der Waals surface area (Å²) < 4.78 is 13.7. The fourth-order valence-electron chi connectivity index (χ4n) is 1.97. The highest BCUT2D eigenvalue weighted by Crippen LogP contribution is 2.23. The van der Waals surface area contributed by atoms with Crippen LogP contribution in [0.25, 0.3) is 0 Å². The quantitative estimate of drug-likeness (QED) is 0.871. The molecule has 0 saturated heterocycles. The molecule has 0 unspecified atom stereocenters. The highest BCUT2D eigenvalue weighted by atomic mass is 32.1. The van der Waals surface area contributed by atoms with Crippen molar-refractivity contribution in [3.05, 3.63) is 40.7 Å². The third kappa shape index (κ3) is 3.48. The molecule has 0 radical (unpaired) electrons. The van der Waals surface area contributed by atoms with Crippen LogP contribution in [0.2, 0.25) is 0 Å². The third-order valence-corrected chi connectivity index (χ3v) is 4.21. The Hall–Kier alpha value is -1.62. The maximum absolute atomic E-state index is 13.7. The standard InChI is InChI=1S/C15H20FN3S/c1-4-19(5-2)15-18-10-12(20-15)9-17-14-7-6-11(3)8-13(14)16/h6-8,10,17H,4-5,9H2,1-3H3. The van der Waals surface area contributed by atoms with Crippen LogP contribution in [0.5, 0.6) is 0 Å². The van der Waals surface area contributed by atoms with Gasteiger partial charge in [0, 0.05) is 24.2 Å². The number of thiazole rings is 1. The van der Waals surface area contributed by atoms with Crippen molar-refractivity contribution in [2.45, 2.75) is 27.3 Å². The number of aromatic nitrogens is 1. The Kier molecular flexibility index (Phi) is 4.95. The van der Waals surface area contributed by atoms with Crippen molar-refractivity contribution in [2.75, 3.05) is 23.3 Å². The van der Waals surface area contributed by atoms with Crippen molar-refractivity contribution in [2.24, 2.45) is 0 Å². The Morgan fingerprint density at radius 3 is 2.70 bits per heavy atom. The lowest BCUT2D eigenvalue weighted by atomic mass is 10.2. The molecule has 2 aromatic rings. The normalized spacial score (nSPS) is 10.6. The van der Waals surface area contributed by atoms with Gasteiger partial charge in [-0.1, -0.05) is 6.07 Å². The van der Waals surface area contributed by atoms with Crippen LogP contribution in [0.15, 0.2) is 24.4 Å². The van der Waals surface area contributed by atoms with Crippen LogP contribution in [0.3, 0.4) is 0 Å². The van der Waals surface area contributed by atoms with Crippen LogP contribution in [0.1, 0.15) is 24.3 Å². The van der Waals surface area contributed by atoms with Gasteiger partial charge in [0.1, 0.15) is 5.82 Å². The molecule has 20 heavy (non-hydrogen) atoms. The summed E-state index contributed by atoms with van der Waals surface area (Å²) in [6, 6.07) is 5.22. The summed E-state index contributed by atoms with van der Waals surface area (Å²) in [6.07, 6.45) is 1.86. The van der Waals surface area contributed by atoms with Crippen molar-refractivity contribution in [3.8, 4) is 0 Å². The largest absolute Gasteiger partial charge is 0.378 e. The van der Waals surface area contributed by atoms with Crippen LogP contribution in [0, 0.1) is 12.7 Å². The van der Waals surface area contributed by atoms with Crippen molar-refractivity contribution >= 4 is 22.2 Å². The SMILES string of the molecule is CCN(CC)c1ncc(CNc2ccc(C)cc2F)s1. The van der Waals surface area contributed by atoms with E-state index in [9.17, 15) is 4.39 Å². The van der Waals surface area contributed by atoms with Crippen molar-refractivity contribution in [3.63, 3.8) is 0 Å². The average molecular weight is 293 g/mol. The van der Waals surface area contributed by atoms with E-state index < -0.39 is 0 Å². The Balaban J connectivity index is 2.00. The number of nitrogens with one attached hydrogen (secondary N) is 1. The second-order valence-electron chi connectivity index (χ2n) is 4.62. The van der Waals surface area contributed by atoms with E-state index in [1.807, 2.05) is 19.2 Å². The molecule has 1 heterocycles. The molecule has 1 N–H and O–H groups in total. The number of benzene rings is 1. The van der Waals surface area contributed by atoms with Crippen molar-refractivity contribution < 1.29 is 4.39 Å². The summed E-state index contributed by atoms with van der Waals surface area (Å²) in [5.41, 5.74) is 1.46. The number of aryl methyl sites for hydroxylation is 1. The summed E-state index contributed by atoms with van der Waals surface area (Å²) in [6.45, 7) is 8.60. The molecular weight excluding hydrogens is 273 g/mol. The van der Waals surface area contributed by atoms with Gasteiger partial charge in [0.05, 0.1) is 12.2 Å². The third-order valence-electron chi connectivity index (χ3n) is 3.15. The minimum absolute atomic E-state index is 0.210. The first-order valence-corrected chi connectivity index (χ1v) is 7.65. The zero-order valence-corrected chi connectivity index (χ0v) is 12.9. The van der Waals surface area contributed by atoms with Crippen LogP contribution >= 0.6 is 11.3 Å². The molecule has 5 heteroatoms. The summed E-state index contributed by atoms with van der Waals surface area (Å²) in [5, 5.41) is 4.15. The Labute approximate surface area is 123 Å². The predicted octanol–water partition coefficient (Wildman–Crippen LogP) is 4.05. The predicted molar refractivity (Wildman–Crippen MR) is 84.1 cm³/mol. The Bertz CT molecular complexity index is 564. The molecule has 0 fully saturated rings. The van der Waals surface area contributed by atoms with E-state index in [0.29, 0.717) is 12.2 Å². The second kappa shape index (κ2) is 6.70. The average Bonchev–Trinajstić information content (AvgIpc) is 2.88. The maximum Gasteiger partial charge on any atom is 0.185 e. The summed E-state index contributed by atoms with van der Waals surface area (Å²) in [4.78, 5) is 7.73. The van der Waals surface area contributed by atoms with E-state index in [-0.39, 0.29) is 5.82 Å². The lowest BCUT2D eigenvalue weighted by molar-refractivity contribution is 0.629. The molecule has 1 aromatic carbocycles. The fourth-order valence-corrected chi connectivity index (χ4v) is 2.94. The molecule has 0 aliphatic rings. The van der Waals surface area contributed by atoms with Crippen molar-refractivity contribution in [1.82, 2.24) is 4.98 Å².